The zero-order chi connectivity index (χ0) is 12.4. The molecule has 3 unspecified atom stereocenters. The third-order valence-electron chi connectivity index (χ3n) is 5.40. The second-order valence-electron chi connectivity index (χ2n) is 6.50. The fourth-order valence-corrected chi connectivity index (χ4v) is 4.28. The summed E-state index contributed by atoms with van der Waals surface area (Å²) >= 11 is 0. The topological polar surface area (TPSA) is 35.5 Å². The molecule has 3 heteroatoms. The first kappa shape index (κ1) is 12.9. The molecule has 3 rings (SSSR count). The van der Waals surface area contributed by atoms with Crippen molar-refractivity contribution in [2.24, 2.45) is 5.92 Å². The van der Waals surface area contributed by atoms with Gasteiger partial charge >= 0.3 is 0 Å². The average molecular weight is 252 g/mol. The highest BCUT2D eigenvalue weighted by atomic mass is 16.3. The Bertz CT molecular complexity index is 257. The number of hydrogen-bond acceptors (Lipinski definition) is 3. The molecule has 2 aliphatic heterocycles. The van der Waals surface area contributed by atoms with E-state index in [9.17, 15) is 5.11 Å². The van der Waals surface area contributed by atoms with Crippen LogP contribution in [0.5, 0.6) is 0 Å². The lowest BCUT2D eigenvalue weighted by Gasteiger charge is -2.42. The zero-order valence-corrected chi connectivity index (χ0v) is 11.5. The Kier molecular flexibility index (Phi) is 4.22. The summed E-state index contributed by atoms with van der Waals surface area (Å²) in [7, 11) is 0. The number of nitrogens with one attached hydrogen (secondary N) is 1. The Morgan fingerprint density at radius 2 is 1.67 bits per heavy atom. The number of aliphatic hydroxyl groups excluding tert-OH is 1. The van der Waals surface area contributed by atoms with E-state index in [4.69, 9.17) is 0 Å². The number of nitrogens with zero attached hydrogens (tertiary/aromatic N) is 1. The van der Waals surface area contributed by atoms with E-state index < -0.39 is 0 Å². The molecule has 3 atom stereocenters. The van der Waals surface area contributed by atoms with Crippen LogP contribution in [0.3, 0.4) is 0 Å². The third-order valence-corrected chi connectivity index (χ3v) is 5.40. The quantitative estimate of drug-likeness (QED) is 0.786. The van der Waals surface area contributed by atoms with Crippen LogP contribution in [-0.2, 0) is 0 Å². The fraction of sp³-hybridized carbons (Fsp3) is 1.00. The summed E-state index contributed by atoms with van der Waals surface area (Å²) in [6.45, 7) is 3.65. The van der Waals surface area contributed by atoms with E-state index in [0.29, 0.717) is 6.04 Å². The Morgan fingerprint density at radius 3 is 2.33 bits per heavy atom. The summed E-state index contributed by atoms with van der Waals surface area (Å²) < 4.78 is 0. The van der Waals surface area contributed by atoms with Gasteiger partial charge < -0.3 is 10.4 Å². The minimum Gasteiger partial charge on any atom is -0.391 e. The van der Waals surface area contributed by atoms with Gasteiger partial charge in [-0.3, -0.25) is 4.90 Å². The summed E-state index contributed by atoms with van der Waals surface area (Å²) in [6, 6.07) is 1.26. The summed E-state index contributed by atoms with van der Waals surface area (Å²) in [6.07, 6.45) is 10.1. The van der Waals surface area contributed by atoms with Crippen molar-refractivity contribution in [3.8, 4) is 0 Å². The zero-order valence-electron chi connectivity index (χ0n) is 11.5. The van der Waals surface area contributed by atoms with Crippen molar-refractivity contribution in [2.75, 3.05) is 19.6 Å². The molecular formula is C15H28N2O. The van der Waals surface area contributed by atoms with Gasteiger partial charge in [-0.05, 0) is 64.1 Å². The van der Waals surface area contributed by atoms with Crippen LogP contribution in [-0.4, -0.2) is 47.8 Å². The largest absolute Gasteiger partial charge is 0.391 e. The smallest absolute Gasteiger partial charge is 0.0695 e. The molecular weight excluding hydrogens is 224 g/mol. The maximum absolute atomic E-state index is 10.1. The molecule has 18 heavy (non-hydrogen) atoms. The lowest BCUT2D eigenvalue weighted by Crippen LogP contribution is -2.50. The lowest BCUT2D eigenvalue weighted by molar-refractivity contribution is 0.00161. The first-order valence-corrected chi connectivity index (χ1v) is 8.00. The second-order valence-corrected chi connectivity index (χ2v) is 6.50. The van der Waals surface area contributed by atoms with Crippen molar-refractivity contribution in [3.63, 3.8) is 0 Å². The van der Waals surface area contributed by atoms with Crippen LogP contribution in [0.2, 0.25) is 0 Å². The average Bonchev–Trinajstić information content (AvgIpc) is 2.94. The molecule has 2 N–H and O–H groups in total. The third kappa shape index (κ3) is 2.73. The van der Waals surface area contributed by atoms with Crippen LogP contribution in [0.15, 0.2) is 0 Å². The number of likely N-dealkylation sites (tertiary alicyclic amines) is 1. The Hall–Kier alpha value is -0.120. The number of hydrogen-bond donors (Lipinski definition) is 2. The van der Waals surface area contributed by atoms with Gasteiger partial charge in [0.2, 0.25) is 0 Å². The van der Waals surface area contributed by atoms with Crippen molar-refractivity contribution >= 4 is 0 Å². The molecule has 0 bridgehead atoms. The van der Waals surface area contributed by atoms with Crippen molar-refractivity contribution in [1.82, 2.24) is 10.2 Å². The molecule has 2 heterocycles. The molecule has 3 aliphatic rings. The number of piperidine rings is 1. The van der Waals surface area contributed by atoms with Crippen molar-refractivity contribution < 1.29 is 5.11 Å². The predicted octanol–water partition coefficient (Wildman–Crippen LogP) is 1.75. The van der Waals surface area contributed by atoms with Crippen LogP contribution in [0.25, 0.3) is 0 Å². The molecule has 0 radical (unpaired) electrons. The van der Waals surface area contributed by atoms with Crippen LogP contribution in [0.1, 0.15) is 51.4 Å². The standard InChI is InChI=1S/C15H28N2O/c18-15-6-2-1-5-14(15)17-10-7-12(8-11-17)13-4-3-9-16-13/h12-16,18H,1-11H2. The highest BCUT2D eigenvalue weighted by molar-refractivity contribution is 4.90. The summed E-state index contributed by atoms with van der Waals surface area (Å²) in [5.41, 5.74) is 0. The van der Waals surface area contributed by atoms with Crippen molar-refractivity contribution in [1.29, 1.82) is 0 Å². The van der Waals surface area contributed by atoms with Gasteiger partial charge in [-0.1, -0.05) is 12.8 Å². The SMILES string of the molecule is OC1CCCCC1N1CCC(C2CCCN2)CC1. The van der Waals surface area contributed by atoms with Crippen molar-refractivity contribution in [2.45, 2.75) is 69.6 Å². The van der Waals surface area contributed by atoms with Crippen LogP contribution < -0.4 is 5.32 Å². The van der Waals surface area contributed by atoms with Gasteiger partial charge in [0, 0.05) is 12.1 Å². The number of aliphatic hydroxyl groups is 1. The van der Waals surface area contributed by atoms with E-state index >= 15 is 0 Å². The van der Waals surface area contributed by atoms with Gasteiger partial charge in [0.25, 0.3) is 0 Å². The summed E-state index contributed by atoms with van der Waals surface area (Å²) in [5, 5.41) is 13.8. The van der Waals surface area contributed by atoms with E-state index in [1.165, 1.54) is 64.6 Å². The monoisotopic (exact) mass is 252 g/mol. The van der Waals surface area contributed by atoms with Crippen LogP contribution in [0, 0.1) is 5.92 Å². The fourth-order valence-electron chi connectivity index (χ4n) is 4.28. The van der Waals surface area contributed by atoms with Gasteiger partial charge in [0.15, 0.2) is 0 Å². The summed E-state index contributed by atoms with van der Waals surface area (Å²) in [4.78, 5) is 2.58. The van der Waals surface area contributed by atoms with E-state index in [1.54, 1.807) is 0 Å². The van der Waals surface area contributed by atoms with Gasteiger partial charge in [-0.15, -0.1) is 0 Å². The molecule has 2 saturated heterocycles. The van der Waals surface area contributed by atoms with E-state index in [2.05, 4.69) is 10.2 Å². The van der Waals surface area contributed by atoms with Crippen LogP contribution in [0.4, 0.5) is 0 Å². The maximum atomic E-state index is 10.1. The van der Waals surface area contributed by atoms with Crippen LogP contribution >= 0.6 is 0 Å². The summed E-state index contributed by atoms with van der Waals surface area (Å²) in [5.74, 6) is 0.893. The van der Waals surface area contributed by atoms with E-state index in [1.807, 2.05) is 0 Å². The Balaban J connectivity index is 1.49. The molecule has 0 spiro atoms. The van der Waals surface area contributed by atoms with Crippen molar-refractivity contribution in [3.05, 3.63) is 0 Å². The Labute approximate surface area is 111 Å². The molecule has 0 aromatic rings. The predicted molar refractivity (Wildman–Crippen MR) is 73.6 cm³/mol. The molecule has 0 aromatic carbocycles. The second kappa shape index (κ2) is 5.89. The minimum atomic E-state index is -0.0556. The number of rotatable bonds is 2. The van der Waals surface area contributed by atoms with E-state index in [0.717, 1.165) is 18.4 Å². The molecule has 0 aromatic heterocycles. The van der Waals surface area contributed by atoms with Gasteiger partial charge in [-0.25, -0.2) is 0 Å². The highest BCUT2D eigenvalue weighted by Gasteiger charge is 2.34. The first-order chi connectivity index (χ1) is 8.84. The first-order valence-electron chi connectivity index (χ1n) is 8.00. The van der Waals surface area contributed by atoms with Gasteiger partial charge in [-0.2, -0.15) is 0 Å². The lowest BCUT2D eigenvalue weighted by atomic mass is 9.85. The molecule has 1 saturated carbocycles. The molecule has 1 aliphatic carbocycles. The van der Waals surface area contributed by atoms with Gasteiger partial charge in [0.1, 0.15) is 0 Å². The minimum absolute atomic E-state index is 0.0556. The highest BCUT2D eigenvalue weighted by Crippen LogP contribution is 2.30. The normalized spacial score (nSPS) is 40.2. The molecule has 3 fully saturated rings. The molecule has 3 nitrogen and oxygen atoms in total. The molecule has 104 valence electrons. The van der Waals surface area contributed by atoms with Gasteiger partial charge in [0.05, 0.1) is 6.10 Å². The maximum Gasteiger partial charge on any atom is 0.0695 e. The molecule has 0 amide bonds. The van der Waals surface area contributed by atoms with E-state index in [-0.39, 0.29) is 6.10 Å². The Morgan fingerprint density at radius 1 is 0.889 bits per heavy atom.